The highest BCUT2D eigenvalue weighted by Crippen LogP contribution is 2.39. The maximum absolute atomic E-state index is 13.2. The maximum atomic E-state index is 13.2. The van der Waals surface area contributed by atoms with E-state index in [1.165, 1.54) is 23.0 Å². The van der Waals surface area contributed by atoms with Crippen molar-refractivity contribution >= 4 is 22.5 Å². The minimum atomic E-state index is -4.53. The molecule has 4 rings (SSSR count). The van der Waals surface area contributed by atoms with Gasteiger partial charge in [-0.1, -0.05) is 35.9 Å². The summed E-state index contributed by atoms with van der Waals surface area (Å²) < 4.78 is 41.8. The molecule has 0 amide bonds. The number of para-hydroxylation sites is 1. The molecule has 1 aliphatic heterocycles. The number of hydrogen-bond donors (Lipinski definition) is 1. The fourth-order valence-electron chi connectivity index (χ4n) is 4.42. The molecule has 1 saturated heterocycles. The molecule has 31 heavy (non-hydrogen) atoms. The highest BCUT2D eigenvalue weighted by atomic mass is 35.5. The summed E-state index contributed by atoms with van der Waals surface area (Å²) in [7, 11) is 0. The number of fused-ring (bicyclic) bond motifs is 1. The van der Waals surface area contributed by atoms with Crippen LogP contribution in [0.5, 0.6) is 0 Å². The van der Waals surface area contributed by atoms with Gasteiger partial charge in [-0.25, -0.2) is 0 Å². The number of aromatic nitrogens is 1. The summed E-state index contributed by atoms with van der Waals surface area (Å²) in [6, 6.07) is 14.2. The molecule has 3 nitrogen and oxygen atoms in total. The average molecular weight is 451 g/mol. The van der Waals surface area contributed by atoms with Crippen LogP contribution in [0, 0.1) is 0 Å². The van der Waals surface area contributed by atoms with E-state index in [0.717, 1.165) is 32.0 Å². The molecular weight excluding hydrogens is 425 g/mol. The third kappa shape index (κ3) is 4.92. The predicted octanol–water partition coefficient (Wildman–Crippen LogP) is 6.08. The molecule has 7 heteroatoms. The van der Waals surface area contributed by atoms with E-state index in [4.69, 9.17) is 11.6 Å². The van der Waals surface area contributed by atoms with Crippen LogP contribution >= 0.6 is 11.6 Å². The first kappa shape index (κ1) is 22.2. The summed E-state index contributed by atoms with van der Waals surface area (Å²) in [6.45, 7) is 3.19. The van der Waals surface area contributed by atoms with Crippen molar-refractivity contribution in [2.24, 2.45) is 0 Å². The van der Waals surface area contributed by atoms with Crippen LogP contribution in [0.3, 0.4) is 0 Å². The molecule has 0 spiro atoms. The van der Waals surface area contributed by atoms with E-state index in [1.807, 2.05) is 12.1 Å². The smallest absolute Gasteiger partial charge is 0.385 e. The van der Waals surface area contributed by atoms with E-state index in [1.54, 1.807) is 0 Å². The van der Waals surface area contributed by atoms with E-state index in [0.29, 0.717) is 31.5 Å². The Morgan fingerprint density at radius 1 is 0.968 bits per heavy atom. The zero-order valence-corrected chi connectivity index (χ0v) is 18.0. The van der Waals surface area contributed by atoms with Gasteiger partial charge in [0.2, 0.25) is 0 Å². The topological polar surface area (TPSA) is 28.4 Å². The van der Waals surface area contributed by atoms with E-state index in [-0.39, 0.29) is 5.02 Å². The molecule has 166 valence electrons. The van der Waals surface area contributed by atoms with E-state index in [2.05, 4.69) is 33.9 Å². The number of nitrogens with zero attached hydrogens (tertiary/aromatic N) is 2. The average Bonchev–Trinajstić information content (AvgIpc) is 3.15. The quantitative estimate of drug-likeness (QED) is 0.461. The summed E-state index contributed by atoms with van der Waals surface area (Å²) >= 11 is 5.72. The zero-order valence-electron chi connectivity index (χ0n) is 17.2. The Kier molecular flexibility index (Phi) is 6.33. The molecule has 0 bridgehead atoms. The van der Waals surface area contributed by atoms with Crippen molar-refractivity contribution in [1.29, 1.82) is 0 Å². The lowest BCUT2D eigenvalue weighted by molar-refractivity contribution is -0.137. The van der Waals surface area contributed by atoms with Crippen molar-refractivity contribution in [3.8, 4) is 0 Å². The second kappa shape index (κ2) is 8.85. The molecule has 2 aromatic carbocycles. The van der Waals surface area contributed by atoms with Crippen LogP contribution < -0.4 is 0 Å². The van der Waals surface area contributed by atoms with Crippen molar-refractivity contribution in [1.82, 2.24) is 9.47 Å². The van der Waals surface area contributed by atoms with Crippen LogP contribution in [0.25, 0.3) is 10.9 Å². The summed E-state index contributed by atoms with van der Waals surface area (Å²) in [4.78, 5) is 2.28. The minimum Gasteiger partial charge on any atom is -0.385 e. The van der Waals surface area contributed by atoms with Gasteiger partial charge in [0.05, 0.1) is 16.2 Å². The van der Waals surface area contributed by atoms with Crippen LogP contribution in [0.2, 0.25) is 5.02 Å². The number of unbranched alkanes of at least 4 members (excludes halogenated alkanes) is 1. The Morgan fingerprint density at radius 3 is 2.42 bits per heavy atom. The molecule has 1 N–H and O–H groups in total. The first-order chi connectivity index (χ1) is 14.8. The fourth-order valence-corrected chi connectivity index (χ4v) is 4.65. The van der Waals surface area contributed by atoms with E-state index in [9.17, 15) is 18.3 Å². The summed E-state index contributed by atoms with van der Waals surface area (Å²) in [6.07, 6.45) is 0.486. The van der Waals surface area contributed by atoms with Crippen molar-refractivity contribution in [2.45, 2.75) is 44.0 Å². The number of alkyl halides is 3. The van der Waals surface area contributed by atoms with Gasteiger partial charge in [0, 0.05) is 31.3 Å². The third-order valence-electron chi connectivity index (χ3n) is 6.30. The van der Waals surface area contributed by atoms with Crippen LogP contribution in [-0.4, -0.2) is 34.2 Å². The monoisotopic (exact) mass is 450 g/mol. The molecule has 0 saturated carbocycles. The lowest BCUT2D eigenvalue weighted by atomic mass is 9.83. The van der Waals surface area contributed by atoms with Crippen LogP contribution in [0.4, 0.5) is 13.2 Å². The van der Waals surface area contributed by atoms with Gasteiger partial charge >= 0.3 is 6.18 Å². The standard InChI is InChI=1S/C24H26ClF3N2O/c25-21-8-7-19(17-20(21)24(26,27)28)23(31)10-15-29(16-11-23)12-3-4-13-30-14-9-18-5-1-2-6-22(18)30/h1-2,5-9,14,17,31H,3-4,10-13,15-16H2. The molecule has 2 heterocycles. The Morgan fingerprint density at radius 2 is 1.68 bits per heavy atom. The molecule has 3 aromatic rings. The zero-order chi connectivity index (χ0) is 22.1. The van der Waals surface area contributed by atoms with Gasteiger partial charge in [0.15, 0.2) is 0 Å². The van der Waals surface area contributed by atoms with Gasteiger partial charge in [-0.15, -0.1) is 0 Å². The maximum Gasteiger partial charge on any atom is 0.417 e. The molecule has 1 aliphatic rings. The highest BCUT2D eigenvalue weighted by molar-refractivity contribution is 6.31. The molecule has 0 atom stereocenters. The fraction of sp³-hybridized carbons (Fsp3) is 0.417. The number of aliphatic hydroxyl groups is 1. The SMILES string of the molecule is OC1(c2ccc(Cl)c(C(F)(F)F)c2)CCN(CCCCn2ccc3ccccc32)CC1. The van der Waals surface area contributed by atoms with Gasteiger partial charge in [0.25, 0.3) is 0 Å². The van der Waals surface area contributed by atoms with Gasteiger partial charge < -0.3 is 14.6 Å². The van der Waals surface area contributed by atoms with Crippen molar-refractivity contribution < 1.29 is 18.3 Å². The van der Waals surface area contributed by atoms with Crippen molar-refractivity contribution in [2.75, 3.05) is 19.6 Å². The summed E-state index contributed by atoms with van der Waals surface area (Å²) in [5.74, 6) is 0. The van der Waals surface area contributed by atoms with Crippen molar-refractivity contribution in [3.05, 3.63) is 70.9 Å². The Balaban J connectivity index is 1.28. The molecule has 1 aromatic heterocycles. The Labute approximate surface area is 185 Å². The second-order valence-corrected chi connectivity index (χ2v) is 8.75. The van der Waals surface area contributed by atoms with Gasteiger partial charge in [0.1, 0.15) is 0 Å². The Hall–Kier alpha value is -2.02. The van der Waals surface area contributed by atoms with Crippen LogP contribution in [0.15, 0.2) is 54.7 Å². The molecule has 0 aliphatic carbocycles. The molecule has 1 fully saturated rings. The number of halogens is 4. The minimum absolute atomic E-state index is 0.295. The molecule has 0 unspecified atom stereocenters. The number of piperidine rings is 1. The lowest BCUT2D eigenvalue weighted by Crippen LogP contribution is -2.43. The largest absolute Gasteiger partial charge is 0.417 e. The van der Waals surface area contributed by atoms with E-state index >= 15 is 0 Å². The second-order valence-electron chi connectivity index (χ2n) is 8.34. The normalized spacial score (nSPS) is 17.3. The van der Waals surface area contributed by atoms with Gasteiger partial charge in [-0.3, -0.25) is 0 Å². The third-order valence-corrected chi connectivity index (χ3v) is 6.63. The van der Waals surface area contributed by atoms with Gasteiger partial charge in [-0.2, -0.15) is 13.2 Å². The number of hydrogen-bond acceptors (Lipinski definition) is 2. The van der Waals surface area contributed by atoms with E-state index < -0.39 is 17.3 Å². The number of benzene rings is 2. The van der Waals surface area contributed by atoms with Crippen molar-refractivity contribution in [3.63, 3.8) is 0 Å². The summed E-state index contributed by atoms with van der Waals surface area (Å²) in [5.41, 5.74) is -0.597. The molecule has 0 radical (unpaired) electrons. The first-order valence-electron chi connectivity index (χ1n) is 10.6. The lowest BCUT2D eigenvalue weighted by Gasteiger charge is -2.39. The van der Waals surface area contributed by atoms with Crippen LogP contribution in [0.1, 0.15) is 36.8 Å². The first-order valence-corrected chi connectivity index (χ1v) is 11.0. The molecular formula is C24H26ClF3N2O. The number of rotatable bonds is 6. The predicted molar refractivity (Wildman–Crippen MR) is 117 cm³/mol. The number of likely N-dealkylation sites (tertiary alicyclic amines) is 1. The summed E-state index contributed by atoms with van der Waals surface area (Å²) in [5, 5.41) is 11.9. The van der Waals surface area contributed by atoms with Gasteiger partial charge in [-0.05, 0) is 67.4 Å². The highest BCUT2D eigenvalue weighted by Gasteiger charge is 2.38. The number of aryl methyl sites for hydroxylation is 1. The van der Waals surface area contributed by atoms with Crippen LogP contribution in [-0.2, 0) is 18.3 Å². The Bertz CT molecular complexity index is 1040.